The van der Waals surface area contributed by atoms with E-state index in [1.165, 1.54) is 19.3 Å². The summed E-state index contributed by atoms with van der Waals surface area (Å²) in [5.74, 6) is 0. The Balaban J connectivity index is 1.95. The molecule has 0 aromatic carbocycles. The third-order valence-corrected chi connectivity index (χ3v) is 3.58. The van der Waals surface area contributed by atoms with Crippen LogP contribution in [0.4, 0.5) is 0 Å². The minimum atomic E-state index is 0.309. The van der Waals surface area contributed by atoms with Crippen LogP contribution >= 0.6 is 0 Å². The average Bonchev–Trinajstić information content (AvgIpc) is 2.07. The highest BCUT2D eigenvalue weighted by Gasteiger charge is 2.34. The van der Waals surface area contributed by atoms with Gasteiger partial charge in [-0.05, 0) is 19.9 Å². The summed E-state index contributed by atoms with van der Waals surface area (Å²) in [4.78, 5) is 4.95. The number of likely N-dealkylation sites (N-methyl/N-ethyl adjacent to an activating group) is 1. The van der Waals surface area contributed by atoms with E-state index in [-0.39, 0.29) is 0 Å². The molecule has 2 bridgehead atoms. The summed E-state index contributed by atoms with van der Waals surface area (Å²) in [5.41, 5.74) is 0. The largest absolute Gasteiger partial charge is 0.395 e. The number of likely N-dealkylation sites (tertiary alicyclic amines) is 1. The zero-order chi connectivity index (χ0) is 9.26. The summed E-state index contributed by atoms with van der Waals surface area (Å²) in [6.45, 7) is 3.49. The minimum Gasteiger partial charge on any atom is -0.395 e. The third kappa shape index (κ3) is 1.87. The molecule has 0 aromatic heterocycles. The van der Waals surface area contributed by atoms with E-state index in [0.29, 0.717) is 6.61 Å². The van der Waals surface area contributed by atoms with Gasteiger partial charge in [0.15, 0.2) is 0 Å². The molecule has 3 heteroatoms. The number of piperidine rings is 1. The van der Waals surface area contributed by atoms with E-state index >= 15 is 0 Å². The van der Waals surface area contributed by atoms with Crippen molar-refractivity contribution < 1.29 is 5.11 Å². The molecule has 2 aliphatic heterocycles. The third-order valence-electron chi connectivity index (χ3n) is 3.58. The Morgan fingerprint density at radius 1 is 1.23 bits per heavy atom. The fraction of sp³-hybridized carbons (Fsp3) is 1.00. The fourth-order valence-electron chi connectivity index (χ4n) is 2.73. The van der Waals surface area contributed by atoms with Gasteiger partial charge < -0.3 is 5.11 Å². The molecule has 0 aromatic rings. The molecule has 1 N–H and O–H groups in total. The van der Waals surface area contributed by atoms with Crippen molar-refractivity contribution >= 4 is 0 Å². The van der Waals surface area contributed by atoms with Crippen LogP contribution in [-0.2, 0) is 0 Å². The van der Waals surface area contributed by atoms with Crippen LogP contribution in [0.5, 0.6) is 0 Å². The lowest BCUT2D eigenvalue weighted by Gasteiger charge is -2.48. The van der Waals surface area contributed by atoms with Gasteiger partial charge in [-0.2, -0.15) is 0 Å². The molecule has 2 saturated heterocycles. The molecule has 2 unspecified atom stereocenters. The zero-order valence-corrected chi connectivity index (χ0v) is 8.45. The first kappa shape index (κ1) is 9.44. The van der Waals surface area contributed by atoms with Crippen LogP contribution < -0.4 is 0 Å². The van der Waals surface area contributed by atoms with Crippen LogP contribution in [0.15, 0.2) is 0 Å². The van der Waals surface area contributed by atoms with E-state index in [2.05, 4.69) is 16.8 Å². The highest BCUT2D eigenvalue weighted by atomic mass is 16.3. The Hall–Kier alpha value is -0.120. The van der Waals surface area contributed by atoms with Gasteiger partial charge >= 0.3 is 0 Å². The molecule has 2 atom stereocenters. The standard InChI is InChI=1S/C10H20N2O/c1-11-9-3-2-4-10(11)8-12(7-9)5-6-13/h9-10,13H,2-8H2,1H3. The number of hydrogen-bond acceptors (Lipinski definition) is 3. The molecule has 2 rings (SSSR count). The van der Waals surface area contributed by atoms with Gasteiger partial charge in [-0.1, -0.05) is 6.42 Å². The van der Waals surface area contributed by atoms with Crippen molar-refractivity contribution in [3.63, 3.8) is 0 Å². The minimum absolute atomic E-state index is 0.309. The first-order valence-corrected chi connectivity index (χ1v) is 5.36. The van der Waals surface area contributed by atoms with E-state index in [1.54, 1.807) is 0 Å². The number of hydrogen-bond donors (Lipinski definition) is 1. The summed E-state index contributed by atoms with van der Waals surface area (Å²) < 4.78 is 0. The molecule has 13 heavy (non-hydrogen) atoms. The van der Waals surface area contributed by atoms with E-state index in [9.17, 15) is 0 Å². The van der Waals surface area contributed by atoms with Crippen LogP contribution in [0.2, 0.25) is 0 Å². The summed E-state index contributed by atoms with van der Waals surface area (Å²) >= 11 is 0. The van der Waals surface area contributed by atoms with Crippen LogP contribution in [0.1, 0.15) is 19.3 Å². The van der Waals surface area contributed by atoms with Gasteiger partial charge in [-0.3, -0.25) is 9.80 Å². The van der Waals surface area contributed by atoms with E-state index in [1.807, 2.05) is 0 Å². The van der Waals surface area contributed by atoms with Gasteiger partial charge in [-0.25, -0.2) is 0 Å². The summed E-state index contributed by atoms with van der Waals surface area (Å²) in [6, 6.07) is 1.50. The number of piperazine rings is 1. The van der Waals surface area contributed by atoms with Gasteiger partial charge in [0.25, 0.3) is 0 Å². The number of β-amino-alcohol motifs (C(OH)–C–C–N with tert-alkyl or cyclic N) is 1. The SMILES string of the molecule is CN1C2CCCC1CN(CCO)C2. The smallest absolute Gasteiger partial charge is 0.0558 e. The Bertz CT molecular complexity index is 160. The monoisotopic (exact) mass is 184 g/mol. The number of rotatable bonds is 2. The number of fused-ring (bicyclic) bond motifs is 2. The quantitative estimate of drug-likeness (QED) is 0.661. The Morgan fingerprint density at radius 2 is 1.85 bits per heavy atom. The molecule has 76 valence electrons. The van der Waals surface area contributed by atoms with Crippen molar-refractivity contribution in [2.45, 2.75) is 31.3 Å². The molecule has 0 radical (unpaired) electrons. The van der Waals surface area contributed by atoms with Gasteiger partial charge in [0.05, 0.1) is 6.61 Å². The topological polar surface area (TPSA) is 26.7 Å². The van der Waals surface area contributed by atoms with Crippen molar-refractivity contribution in [1.82, 2.24) is 9.80 Å². The van der Waals surface area contributed by atoms with Crippen LogP contribution in [0.3, 0.4) is 0 Å². The van der Waals surface area contributed by atoms with Crippen molar-refractivity contribution in [3.05, 3.63) is 0 Å². The van der Waals surface area contributed by atoms with E-state index in [0.717, 1.165) is 31.7 Å². The van der Waals surface area contributed by atoms with Gasteiger partial charge in [-0.15, -0.1) is 0 Å². The van der Waals surface area contributed by atoms with Gasteiger partial charge in [0.2, 0.25) is 0 Å². The van der Waals surface area contributed by atoms with Crippen LogP contribution in [0.25, 0.3) is 0 Å². The van der Waals surface area contributed by atoms with Crippen LogP contribution in [-0.4, -0.2) is 60.3 Å². The van der Waals surface area contributed by atoms with Crippen LogP contribution in [0, 0.1) is 0 Å². The highest BCUT2D eigenvalue weighted by molar-refractivity contribution is 4.91. The predicted octanol–water partition coefficient (Wildman–Crippen LogP) is 0.147. The zero-order valence-electron chi connectivity index (χ0n) is 8.45. The fourth-order valence-corrected chi connectivity index (χ4v) is 2.73. The van der Waals surface area contributed by atoms with E-state index < -0.39 is 0 Å². The Labute approximate surface area is 80.3 Å². The second kappa shape index (κ2) is 3.95. The molecule has 0 amide bonds. The first-order chi connectivity index (χ1) is 6.31. The lowest BCUT2D eigenvalue weighted by atomic mass is 9.92. The lowest BCUT2D eigenvalue weighted by Crippen LogP contribution is -2.59. The summed E-state index contributed by atoms with van der Waals surface area (Å²) in [7, 11) is 2.25. The van der Waals surface area contributed by atoms with Gasteiger partial charge in [0.1, 0.15) is 0 Å². The Morgan fingerprint density at radius 3 is 2.38 bits per heavy atom. The molecular weight excluding hydrogens is 164 g/mol. The predicted molar refractivity (Wildman–Crippen MR) is 52.7 cm³/mol. The summed E-state index contributed by atoms with van der Waals surface area (Å²) in [6.07, 6.45) is 4.08. The molecule has 0 spiro atoms. The summed E-state index contributed by atoms with van der Waals surface area (Å²) in [5, 5.41) is 8.89. The highest BCUT2D eigenvalue weighted by Crippen LogP contribution is 2.26. The molecule has 2 aliphatic rings. The molecule has 3 nitrogen and oxygen atoms in total. The maximum atomic E-state index is 8.89. The maximum Gasteiger partial charge on any atom is 0.0558 e. The number of aliphatic hydroxyl groups excluding tert-OH is 1. The molecule has 0 saturated carbocycles. The van der Waals surface area contributed by atoms with Crippen molar-refractivity contribution in [2.24, 2.45) is 0 Å². The molecule has 2 fully saturated rings. The Kier molecular flexibility index (Phi) is 2.86. The molecule has 2 heterocycles. The number of nitrogens with zero attached hydrogens (tertiary/aromatic N) is 2. The molecule has 0 aliphatic carbocycles. The maximum absolute atomic E-state index is 8.89. The lowest BCUT2D eigenvalue weighted by molar-refractivity contribution is 0.00418. The van der Waals surface area contributed by atoms with Gasteiger partial charge in [0, 0.05) is 31.7 Å². The number of aliphatic hydroxyl groups is 1. The van der Waals surface area contributed by atoms with Crippen molar-refractivity contribution in [3.8, 4) is 0 Å². The second-order valence-electron chi connectivity index (χ2n) is 4.39. The average molecular weight is 184 g/mol. The van der Waals surface area contributed by atoms with Crippen molar-refractivity contribution in [1.29, 1.82) is 0 Å². The van der Waals surface area contributed by atoms with E-state index in [4.69, 9.17) is 5.11 Å². The first-order valence-electron chi connectivity index (χ1n) is 5.36. The normalized spacial score (nSPS) is 36.5. The molecular formula is C10H20N2O. The second-order valence-corrected chi connectivity index (χ2v) is 4.39. The van der Waals surface area contributed by atoms with Crippen molar-refractivity contribution in [2.75, 3.05) is 33.3 Å².